The second kappa shape index (κ2) is 8.72. The summed E-state index contributed by atoms with van der Waals surface area (Å²) in [5, 5.41) is 0. The maximum absolute atomic E-state index is 12.5. The third-order valence-electron chi connectivity index (χ3n) is 3.36. The van der Waals surface area contributed by atoms with E-state index in [1.54, 1.807) is 7.11 Å². The first kappa shape index (κ1) is 16.7. The van der Waals surface area contributed by atoms with E-state index in [1.807, 2.05) is 23.1 Å². The Morgan fingerprint density at radius 1 is 1.30 bits per heavy atom. The van der Waals surface area contributed by atoms with Crippen LogP contribution in [-0.4, -0.2) is 37.1 Å². The molecule has 0 saturated carbocycles. The fourth-order valence-electron chi connectivity index (χ4n) is 2.44. The Morgan fingerprint density at radius 2 is 1.95 bits per heavy atom. The normalized spacial score (nSPS) is 13.8. The lowest BCUT2D eigenvalue weighted by atomic mass is 10.0. The maximum Gasteiger partial charge on any atom is 0.242 e. The van der Waals surface area contributed by atoms with Crippen molar-refractivity contribution in [3.63, 3.8) is 0 Å². The SMILES string of the molecule is CCCN(C(=O)C(N)COC)C(CC)c1ccccc1. The average Bonchev–Trinajstić information content (AvgIpc) is 2.47. The molecule has 20 heavy (non-hydrogen) atoms. The number of nitrogens with zero attached hydrogens (tertiary/aromatic N) is 1. The van der Waals surface area contributed by atoms with Crippen molar-refractivity contribution in [2.75, 3.05) is 20.3 Å². The van der Waals surface area contributed by atoms with Gasteiger partial charge in [0.15, 0.2) is 0 Å². The third-order valence-corrected chi connectivity index (χ3v) is 3.36. The molecule has 1 aromatic carbocycles. The van der Waals surface area contributed by atoms with E-state index in [0.29, 0.717) is 6.54 Å². The lowest BCUT2D eigenvalue weighted by molar-refractivity contribution is -0.136. The van der Waals surface area contributed by atoms with Gasteiger partial charge < -0.3 is 15.4 Å². The molecule has 0 heterocycles. The van der Waals surface area contributed by atoms with Crippen molar-refractivity contribution in [1.29, 1.82) is 0 Å². The van der Waals surface area contributed by atoms with Crippen LogP contribution in [0.1, 0.15) is 38.3 Å². The number of carbonyl (C=O) groups is 1. The van der Waals surface area contributed by atoms with Crippen LogP contribution in [0, 0.1) is 0 Å². The van der Waals surface area contributed by atoms with Gasteiger partial charge in [0.2, 0.25) is 5.91 Å². The summed E-state index contributed by atoms with van der Waals surface area (Å²) in [6.45, 7) is 5.13. The summed E-state index contributed by atoms with van der Waals surface area (Å²) in [4.78, 5) is 14.4. The zero-order valence-electron chi connectivity index (χ0n) is 12.7. The molecule has 0 aliphatic carbocycles. The number of rotatable bonds is 8. The average molecular weight is 278 g/mol. The van der Waals surface area contributed by atoms with Crippen molar-refractivity contribution in [3.05, 3.63) is 35.9 Å². The van der Waals surface area contributed by atoms with Crippen LogP contribution in [0.3, 0.4) is 0 Å². The second-order valence-electron chi connectivity index (χ2n) is 4.93. The summed E-state index contributed by atoms with van der Waals surface area (Å²) in [7, 11) is 1.56. The van der Waals surface area contributed by atoms with Crippen LogP contribution in [0.2, 0.25) is 0 Å². The second-order valence-corrected chi connectivity index (χ2v) is 4.93. The van der Waals surface area contributed by atoms with E-state index in [-0.39, 0.29) is 18.6 Å². The summed E-state index contributed by atoms with van der Waals surface area (Å²) in [5.41, 5.74) is 7.07. The van der Waals surface area contributed by atoms with Gasteiger partial charge in [-0.3, -0.25) is 4.79 Å². The fraction of sp³-hybridized carbons (Fsp3) is 0.562. The standard InChI is InChI=1S/C16H26N2O2/c1-4-11-18(16(19)14(17)12-20-3)15(5-2)13-9-7-6-8-10-13/h6-10,14-15H,4-5,11-12,17H2,1-3H3. The molecule has 2 N–H and O–H groups in total. The molecule has 0 aliphatic rings. The number of nitrogens with two attached hydrogens (primary N) is 1. The molecule has 0 fully saturated rings. The van der Waals surface area contributed by atoms with E-state index in [4.69, 9.17) is 10.5 Å². The van der Waals surface area contributed by atoms with Crippen molar-refractivity contribution < 1.29 is 9.53 Å². The van der Waals surface area contributed by atoms with Gasteiger partial charge in [0, 0.05) is 13.7 Å². The molecule has 0 saturated heterocycles. The molecule has 0 bridgehead atoms. The van der Waals surface area contributed by atoms with Gasteiger partial charge >= 0.3 is 0 Å². The number of amides is 1. The van der Waals surface area contributed by atoms with Crippen molar-refractivity contribution in [2.24, 2.45) is 5.73 Å². The number of hydrogen-bond acceptors (Lipinski definition) is 3. The van der Waals surface area contributed by atoms with Gasteiger partial charge in [0.25, 0.3) is 0 Å². The first-order chi connectivity index (χ1) is 9.65. The highest BCUT2D eigenvalue weighted by Gasteiger charge is 2.27. The van der Waals surface area contributed by atoms with Gasteiger partial charge in [-0.25, -0.2) is 0 Å². The van der Waals surface area contributed by atoms with Crippen LogP contribution in [-0.2, 0) is 9.53 Å². The molecule has 1 rings (SSSR count). The van der Waals surface area contributed by atoms with Crippen LogP contribution in [0.5, 0.6) is 0 Å². The van der Waals surface area contributed by atoms with Gasteiger partial charge in [-0.1, -0.05) is 44.2 Å². The number of ether oxygens (including phenoxy) is 1. The molecule has 112 valence electrons. The summed E-state index contributed by atoms with van der Waals surface area (Å²) in [5.74, 6) is -0.0376. The van der Waals surface area contributed by atoms with Crippen molar-refractivity contribution in [3.8, 4) is 0 Å². The Labute approximate surface area is 121 Å². The van der Waals surface area contributed by atoms with E-state index in [1.165, 1.54) is 0 Å². The quantitative estimate of drug-likeness (QED) is 0.794. The Hall–Kier alpha value is -1.39. The molecule has 4 heteroatoms. The van der Waals surface area contributed by atoms with Crippen molar-refractivity contribution in [1.82, 2.24) is 4.90 Å². The Morgan fingerprint density at radius 3 is 2.45 bits per heavy atom. The first-order valence-electron chi connectivity index (χ1n) is 7.25. The molecule has 0 aliphatic heterocycles. The molecule has 0 aromatic heterocycles. The molecule has 0 spiro atoms. The van der Waals surface area contributed by atoms with Gasteiger partial charge in [0.1, 0.15) is 6.04 Å². The van der Waals surface area contributed by atoms with Gasteiger partial charge in [-0.05, 0) is 18.4 Å². The maximum atomic E-state index is 12.5. The van der Waals surface area contributed by atoms with Gasteiger partial charge in [-0.15, -0.1) is 0 Å². The van der Waals surface area contributed by atoms with E-state index in [9.17, 15) is 4.79 Å². The predicted octanol–water partition coefficient (Wildman–Crippen LogP) is 2.35. The monoisotopic (exact) mass is 278 g/mol. The minimum absolute atomic E-state index is 0.0376. The number of carbonyl (C=O) groups excluding carboxylic acids is 1. The van der Waals surface area contributed by atoms with Crippen LogP contribution >= 0.6 is 0 Å². The minimum Gasteiger partial charge on any atom is -0.383 e. The van der Waals surface area contributed by atoms with Crippen LogP contribution in [0.15, 0.2) is 30.3 Å². The zero-order valence-corrected chi connectivity index (χ0v) is 12.7. The van der Waals surface area contributed by atoms with Gasteiger partial charge in [-0.2, -0.15) is 0 Å². The first-order valence-corrected chi connectivity index (χ1v) is 7.25. The molecular formula is C16H26N2O2. The fourth-order valence-corrected chi connectivity index (χ4v) is 2.44. The number of hydrogen-bond donors (Lipinski definition) is 1. The molecule has 2 unspecified atom stereocenters. The Bertz CT molecular complexity index is 395. The van der Waals surface area contributed by atoms with Crippen LogP contribution < -0.4 is 5.73 Å². The number of methoxy groups -OCH3 is 1. The lowest BCUT2D eigenvalue weighted by Gasteiger charge is -2.33. The molecular weight excluding hydrogens is 252 g/mol. The van der Waals surface area contributed by atoms with E-state index < -0.39 is 6.04 Å². The molecule has 1 aromatic rings. The highest BCUT2D eigenvalue weighted by Crippen LogP contribution is 2.24. The summed E-state index contributed by atoms with van der Waals surface area (Å²) >= 11 is 0. The summed E-state index contributed by atoms with van der Waals surface area (Å²) < 4.78 is 5.00. The zero-order chi connectivity index (χ0) is 15.0. The summed E-state index contributed by atoms with van der Waals surface area (Å²) in [6, 6.07) is 9.59. The molecule has 1 amide bonds. The molecule has 0 radical (unpaired) electrons. The van der Waals surface area contributed by atoms with Gasteiger partial charge in [0.05, 0.1) is 12.6 Å². The largest absolute Gasteiger partial charge is 0.383 e. The highest BCUT2D eigenvalue weighted by molar-refractivity contribution is 5.82. The van der Waals surface area contributed by atoms with Crippen LogP contribution in [0.4, 0.5) is 0 Å². The minimum atomic E-state index is -0.593. The molecule has 4 nitrogen and oxygen atoms in total. The lowest BCUT2D eigenvalue weighted by Crippen LogP contribution is -2.47. The van der Waals surface area contributed by atoms with Crippen molar-refractivity contribution in [2.45, 2.75) is 38.8 Å². The van der Waals surface area contributed by atoms with Crippen LogP contribution in [0.25, 0.3) is 0 Å². The van der Waals surface area contributed by atoms with E-state index in [2.05, 4.69) is 26.0 Å². The van der Waals surface area contributed by atoms with E-state index >= 15 is 0 Å². The van der Waals surface area contributed by atoms with Crippen molar-refractivity contribution >= 4 is 5.91 Å². The topological polar surface area (TPSA) is 55.6 Å². The molecule has 2 atom stereocenters. The summed E-state index contributed by atoms with van der Waals surface area (Å²) in [6.07, 6.45) is 1.78. The Kier molecular flexibility index (Phi) is 7.26. The van der Waals surface area contributed by atoms with E-state index in [0.717, 1.165) is 18.4 Å². The Balaban J connectivity index is 2.95. The number of benzene rings is 1. The predicted molar refractivity (Wildman–Crippen MR) is 81.3 cm³/mol. The highest BCUT2D eigenvalue weighted by atomic mass is 16.5. The smallest absolute Gasteiger partial charge is 0.242 e. The third kappa shape index (κ3) is 4.32.